The quantitative estimate of drug-likeness (QED) is 0.507. The lowest BCUT2D eigenvalue weighted by atomic mass is 9.88. The summed E-state index contributed by atoms with van der Waals surface area (Å²) < 4.78 is 23.8. The van der Waals surface area contributed by atoms with Crippen molar-refractivity contribution < 1.29 is 18.0 Å². The predicted molar refractivity (Wildman–Crippen MR) is 140 cm³/mol. The minimum absolute atomic E-state index is 0.0394. The van der Waals surface area contributed by atoms with Crippen LogP contribution in [0.15, 0.2) is 30.3 Å². The van der Waals surface area contributed by atoms with Crippen molar-refractivity contribution in [2.75, 3.05) is 16.8 Å². The summed E-state index contributed by atoms with van der Waals surface area (Å²) in [6.45, 7) is 4.06. The molecular formula is C25H27N3O4S3. The van der Waals surface area contributed by atoms with Crippen molar-refractivity contribution in [3.63, 3.8) is 0 Å². The highest BCUT2D eigenvalue weighted by atomic mass is 32.2. The van der Waals surface area contributed by atoms with Gasteiger partial charge in [0.15, 0.2) is 9.84 Å². The lowest BCUT2D eigenvalue weighted by Gasteiger charge is -2.19. The number of hydrogen-bond donors (Lipinski definition) is 2. The number of sulfone groups is 1. The van der Waals surface area contributed by atoms with Crippen molar-refractivity contribution in [1.82, 2.24) is 10.3 Å². The Balaban J connectivity index is 1.46. The first kappa shape index (κ1) is 24.1. The van der Waals surface area contributed by atoms with Crippen molar-refractivity contribution in [2.24, 2.45) is 5.92 Å². The standard InChI is InChI=1S/C25H27N3O4S3/c1-14-8-9-18-19(12-14)34-25(20(18)23(29)27-17-10-11-35(31,32)13-17)28-24(30)21-22(33-15(2)26-21)16-6-4-3-5-7-16/h3-7,14,17H,8-13H2,1-2H3,(H,27,29)(H,28,30). The smallest absolute Gasteiger partial charge is 0.276 e. The van der Waals surface area contributed by atoms with Gasteiger partial charge in [0, 0.05) is 10.9 Å². The van der Waals surface area contributed by atoms with Crippen molar-refractivity contribution in [3.8, 4) is 10.4 Å². The first-order chi connectivity index (χ1) is 16.7. The number of rotatable bonds is 5. The summed E-state index contributed by atoms with van der Waals surface area (Å²) in [6, 6.07) is 9.26. The van der Waals surface area contributed by atoms with Gasteiger partial charge in [-0.15, -0.1) is 22.7 Å². The van der Waals surface area contributed by atoms with E-state index < -0.39 is 15.9 Å². The van der Waals surface area contributed by atoms with Crippen molar-refractivity contribution in [2.45, 2.75) is 45.6 Å². The van der Waals surface area contributed by atoms with Gasteiger partial charge in [0.2, 0.25) is 0 Å². The number of aromatic nitrogens is 1. The van der Waals surface area contributed by atoms with Crippen LogP contribution in [0.1, 0.15) is 56.1 Å². The Bertz CT molecular complexity index is 1390. The molecule has 2 atom stereocenters. The van der Waals surface area contributed by atoms with Crippen LogP contribution in [0.25, 0.3) is 10.4 Å². The predicted octanol–water partition coefficient (Wildman–Crippen LogP) is 4.47. The summed E-state index contributed by atoms with van der Waals surface area (Å²) in [5, 5.41) is 7.20. The Morgan fingerprint density at radius 2 is 1.86 bits per heavy atom. The number of amides is 2. The maximum Gasteiger partial charge on any atom is 0.276 e. The fraction of sp³-hybridized carbons (Fsp3) is 0.400. The highest BCUT2D eigenvalue weighted by Crippen LogP contribution is 2.40. The Labute approximate surface area is 212 Å². The minimum atomic E-state index is -3.12. The number of aryl methyl sites for hydroxylation is 1. The minimum Gasteiger partial charge on any atom is -0.348 e. The molecule has 1 aromatic carbocycles. The van der Waals surface area contributed by atoms with Gasteiger partial charge in [-0.1, -0.05) is 37.3 Å². The molecule has 2 aromatic heterocycles. The Kier molecular flexibility index (Phi) is 6.54. The van der Waals surface area contributed by atoms with E-state index in [1.165, 1.54) is 22.7 Å². The van der Waals surface area contributed by atoms with Gasteiger partial charge in [-0.2, -0.15) is 0 Å². The summed E-state index contributed by atoms with van der Waals surface area (Å²) in [7, 11) is -3.12. The summed E-state index contributed by atoms with van der Waals surface area (Å²) in [5.41, 5.74) is 2.71. The zero-order chi connectivity index (χ0) is 24.7. The zero-order valence-electron chi connectivity index (χ0n) is 19.6. The fourth-order valence-corrected chi connectivity index (χ4v) is 8.77. The maximum atomic E-state index is 13.4. The van der Waals surface area contributed by atoms with Crippen LogP contribution >= 0.6 is 22.7 Å². The molecule has 2 aliphatic rings. The molecule has 5 rings (SSSR count). The normalized spacial score (nSPS) is 20.9. The first-order valence-electron chi connectivity index (χ1n) is 11.7. The highest BCUT2D eigenvalue weighted by molar-refractivity contribution is 7.91. The molecule has 0 spiro atoms. The number of fused-ring (bicyclic) bond motifs is 1. The van der Waals surface area contributed by atoms with Crippen LogP contribution in [0.3, 0.4) is 0 Å². The van der Waals surface area contributed by atoms with Gasteiger partial charge in [-0.25, -0.2) is 13.4 Å². The van der Waals surface area contributed by atoms with E-state index in [0.29, 0.717) is 28.6 Å². The zero-order valence-corrected chi connectivity index (χ0v) is 22.0. The summed E-state index contributed by atoms with van der Waals surface area (Å²) in [6.07, 6.45) is 3.01. The molecule has 10 heteroatoms. The average molecular weight is 530 g/mol. The van der Waals surface area contributed by atoms with E-state index in [0.717, 1.165) is 45.2 Å². The van der Waals surface area contributed by atoms with E-state index in [-0.39, 0.29) is 23.3 Å². The summed E-state index contributed by atoms with van der Waals surface area (Å²) in [4.78, 5) is 33.2. The Hall–Kier alpha value is -2.56. The molecule has 1 fully saturated rings. The third kappa shape index (κ3) is 5.05. The second kappa shape index (κ2) is 9.48. The first-order valence-corrected chi connectivity index (χ1v) is 15.2. The number of carbonyl (C=O) groups is 2. The van der Waals surface area contributed by atoms with Crippen LogP contribution in [-0.4, -0.2) is 42.8 Å². The molecule has 7 nitrogen and oxygen atoms in total. The molecule has 3 aromatic rings. The average Bonchev–Trinajstić information content (AvgIpc) is 3.48. The van der Waals surface area contributed by atoms with E-state index in [1.54, 1.807) is 0 Å². The van der Waals surface area contributed by atoms with Gasteiger partial charge in [0.1, 0.15) is 10.7 Å². The monoisotopic (exact) mass is 529 g/mol. The molecule has 184 valence electrons. The van der Waals surface area contributed by atoms with E-state index >= 15 is 0 Å². The second-order valence-corrected chi connectivity index (χ2v) is 13.9. The van der Waals surface area contributed by atoms with Crippen LogP contribution in [0, 0.1) is 12.8 Å². The van der Waals surface area contributed by atoms with E-state index in [9.17, 15) is 18.0 Å². The van der Waals surface area contributed by atoms with Crippen molar-refractivity contribution in [1.29, 1.82) is 0 Å². The molecule has 0 bridgehead atoms. The van der Waals surface area contributed by atoms with Crippen molar-refractivity contribution in [3.05, 3.63) is 57.0 Å². The molecule has 0 radical (unpaired) electrons. The number of anilines is 1. The van der Waals surface area contributed by atoms with Crippen LogP contribution < -0.4 is 10.6 Å². The van der Waals surface area contributed by atoms with Crippen LogP contribution in [-0.2, 0) is 22.7 Å². The van der Waals surface area contributed by atoms with E-state index in [4.69, 9.17) is 0 Å². The summed E-state index contributed by atoms with van der Waals surface area (Å²) in [5.74, 6) is -0.106. The molecular weight excluding hydrogens is 502 g/mol. The second-order valence-electron chi connectivity index (χ2n) is 9.36. The van der Waals surface area contributed by atoms with Gasteiger partial charge in [0.05, 0.1) is 27.0 Å². The Morgan fingerprint density at radius 3 is 2.57 bits per heavy atom. The SMILES string of the molecule is Cc1nc(C(=O)Nc2sc3c(c2C(=O)NC2CCS(=O)(=O)C2)CCC(C)C3)c(-c2ccccc2)s1. The van der Waals surface area contributed by atoms with Gasteiger partial charge in [0.25, 0.3) is 11.8 Å². The molecule has 0 saturated carbocycles. The molecule has 1 aliphatic carbocycles. The number of carbonyl (C=O) groups excluding carboxylic acids is 2. The lowest BCUT2D eigenvalue weighted by molar-refractivity contribution is 0.0941. The van der Waals surface area contributed by atoms with Crippen LogP contribution in [0.4, 0.5) is 5.00 Å². The third-order valence-corrected chi connectivity index (χ3v) is 10.5. The number of thiophene rings is 1. The maximum absolute atomic E-state index is 13.4. The number of nitrogens with zero attached hydrogens (tertiary/aromatic N) is 1. The number of thiazole rings is 1. The van der Waals surface area contributed by atoms with E-state index in [2.05, 4.69) is 22.5 Å². The molecule has 2 amide bonds. The largest absolute Gasteiger partial charge is 0.348 e. The van der Waals surface area contributed by atoms with Crippen LogP contribution in [0.2, 0.25) is 0 Å². The number of nitrogens with one attached hydrogen (secondary N) is 2. The van der Waals surface area contributed by atoms with Crippen LogP contribution in [0.5, 0.6) is 0 Å². The summed E-state index contributed by atoms with van der Waals surface area (Å²) >= 11 is 2.91. The molecule has 2 N–H and O–H groups in total. The van der Waals surface area contributed by atoms with Gasteiger partial charge in [-0.3, -0.25) is 9.59 Å². The molecule has 3 heterocycles. The molecule has 1 aliphatic heterocycles. The van der Waals surface area contributed by atoms with Crippen molar-refractivity contribution >= 4 is 49.3 Å². The topological polar surface area (TPSA) is 105 Å². The highest BCUT2D eigenvalue weighted by Gasteiger charge is 2.33. The Morgan fingerprint density at radius 1 is 1.09 bits per heavy atom. The number of benzene rings is 1. The van der Waals surface area contributed by atoms with Gasteiger partial charge >= 0.3 is 0 Å². The lowest BCUT2D eigenvalue weighted by Crippen LogP contribution is -2.36. The number of hydrogen-bond acceptors (Lipinski definition) is 7. The molecule has 35 heavy (non-hydrogen) atoms. The van der Waals surface area contributed by atoms with Gasteiger partial charge in [-0.05, 0) is 49.7 Å². The molecule has 1 saturated heterocycles. The van der Waals surface area contributed by atoms with E-state index in [1.807, 2.05) is 37.3 Å². The van der Waals surface area contributed by atoms with Gasteiger partial charge < -0.3 is 10.6 Å². The fourth-order valence-electron chi connectivity index (χ4n) is 4.77. The third-order valence-electron chi connectivity index (χ3n) is 6.52. The molecule has 2 unspecified atom stereocenters.